The fourth-order valence-electron chi connectivity index (χ4n) is 3.61. The minimum absolute atomic E-state index is 0.510. The van der Waals surface area contributed by atoms with Crippen LogP contribution in [0.5, 0.6) is 0 Å². The highest BCUT2D eigenvalue weighted by Crippen LogP contribution is 2.13. The lowest BCUT2D eigenvalue weighted by atomic mass is 10.1. The highest BCUT2D eigenvalue weighted by atomic mass is 16.6. The third-order valence-corrected chi connectivity index (χ3v) is 5.85. The summed E-state index contributed by atoms with van der Waals surface area (Å²) in [5.74, 6) is -1.02. The number of unbranched alkanes of at least 4 members (excludes halogenated alkanes) is 16. The summed E-state index contributed by atoms with van der Waals surface area (Å²) < 4.78 is 5.02. The van der Waals surface area contributed by atoms with Crippen LogP contribution in [-0.2, 0) is 14.3 Å². The smallest absolute Gasteiger partial charge is 0.341 e. The van der Waals surface area contributed by atoms with Gasteiger partial charge in [-0.1, -0.05) is 116 Å². The number of ether oxygens (including phenoxy) is 1. The molecular formula is C28H50O3. The van der Waals surface area contributed by atoms with Crippen LogP contribution in [0.25, 0.3) is 0 Å². The van der Waals surface area contributed by atoms with E-state index in [4.69, 9.17) is 4.74 Å². The summed E-state index contributed by atoms with van der Waals surface area (Å²) in [6.45, 7) is 7.94. The molecule has 0 N–H and O–H groups in total. The molecule has 0 bridgehead atoms. The van der Waals surface area contributed by atoms with Gasteiger partial charge in [0.25, 0.3) is 0 Å². The molecule has 0 aromatic carbocycles. The van der Waals surface area contributed by atoms with E-state index in [9.17, 15) is 9.59 Å². The zero-order valence-electron chi connectivity index (χ0n) is 21.1. The lowest BCUT2D eigenvalue weighted by molar-refractivity contribution is -0.153. The van der Waals surface area contributed by atoms with Crippen LogP contribution < -0.4 is 0 Å². The first-order chi connectivity index (χ1) is 15.0. The van der Waals surface area contributed by atoms with E-state index in [-0.39, 0.29) is 0 Å². The number of carbonyl (C=O) groups is 2. The molecule has 0 saturated heterocycles. The van der Waals surface area contributed by atoms with Gasteiger partial charge in [-0.15, -0.1) is 0 Å². The normalized spacial score (nSPS) is 12.3. The van der Waals surface area contributed by atoms with Crippen molar-refractivity contribution < 1.29 is 14.3 Å². The van der Waals surface area contributed by atoms with Crippen molar-refractivity contribution in [1.29, 1.82) is 0 Å². The largest absolute Gasteiger partial charge is 0.386 e. The van der Waals surface area contributed by atoms with Gasteiger partial charge in [0.05, 0.1) is 0 Å². The molecule has 0 aliphatic carbocycles. The topological polar surface area (TPSA) is 43.4 Å². The van der Waals surface area contributed by atoms with Crippen molar-refractivity contribution in [3.8, 4) is 0 Å². The Bertz CT molecular complexity index is 516. The van der Waals surface area contributed by atoms with Gasteiger partial charge in [-0.25, -0.2) is 9.59 Å². The van der Waals surface area contributed by atoms with Crippen LogP contribution in [-0.4, -0.2) is 11.9 Å². The monoisotopic (exact) mass is 434 g/mol. The molecule has 180 valence electrons. The number of hydrogen-bond acceptors (Lipinski definition) is 3. The second-order valence-electron chi connectivity index (χ2n) is 8.98. The summed E-state index contributed by atoms with van der Waals surface area (Å²) in [6.07, 6.45) is 26.0. The molecule has 0 unspecified atom stereocenters. The molecule has 0 amide bonds. The molecule has 0 spiro atoms. The van der Waals surface area contributed by atoms with Gasteiger partial charge in [0.15, 0.2) is 0 Å². The molecule has 0 aromatic rings. The van der Waals surface area contributed by atoms with Gasteiger partial charge in [-0.3, -0.25) is 0 Å². The standard InChI is InChI=1S/C28H50O3/c1-5-7-9-11-13-14-15-16-18-20-22-24-26(4)28(30)31-27(29)25(3)23-21-19-17-12-10-8-6-2/h23-24H,5-22H2,1-4H3. The maximum atomic E-state index is 12.1. The minimum Gasteiger partial charge on any atom is -0.386 e. The average molecular weight is 435 g/mol. The van der Waals surface area contributed by atoms with E-state index in [1.807, 2.05) is 12.2 Å². The van der Waals surface area contributed by atoms with Gasteiger partial charge < -0.3 is 4.74 Å². The van der Waals surface area contributed by atoms with Crippen molar-refractivity contribution in [2.75, 3.05) is 0 Å². The predicted molar refractivity (Wildman–Crippen MR) is 133 cm³/mol. The van der Waals surface area contributed by atoms with Crippen molar-refractivity contribution in [3.63, 3.8) is 0 Å². The van der Waals surface area contributed by atoms with E-state index in [2.05, 4.69) is 13.8 Å². The Labute approximate surface area is 193 Å². The fourth-order valence-corrected chi connectivity index (χ4v) is 3.61. The molecule has 0 fully saturated rings. The first-order valence-corrected chi connectivity index (χ1v) is 13.1. The third kappa shape index (κ3) is 19.1. The zero-order valence-corrected chi connectivity index (χ0v) is 21.1. The Balaban J connectivity index is 3.86. The fraction of sp³-hybridized carbons (Fsp3) is 0.786. The van der Waals surface area contributed by atoms with Crippen LogP contribution in [0.4, 0.5) is 0 Å². The molecule has 0 radical (unpaired) electrons. The Morgan fingerprint density at radius 1 is 0.516 bits per heavy atom. The van der Waals surface area contributed by atoms with Crippen LogP contribution in [0.1, 0.15) is 143 Å². The SMILES string of the molecule is CCCCCCCCC=C(C)C(=O)OC(=O)C(C)=CCCCCCCCCCCCC. The molecule has 3 nitrogen and oxygen atoms in total. The van der Waals surface area contributed by atoms with Gasteiger partial charge in [-0.05, 0) is 39.5 Å². The van der Waals surface area contributed by atoms with E-state index in [0.717, 1.165) is 25.7 Å². The van der Waals surface area contributed by atoms with E-state index in [0.29, 0.717) is 11.1 Å². The highest BCUT2D eigenvalue weighted by Gasteiger charge is 2.13. The van der Waals surface area contributed by atoms with Crippen molar-refractivity contribution in [2.24, 2.45) is 0 Å². The van der Waals surface area contributed by atoms with Gasteiger partial charge >= 0.3 is 11.9 Å². The molecule has 0 aliphatic heterocycles. The molecule has 0 saturated carbocycles. The Morgan fingerprint density at radius 2 is 0.806 bits per heavy atom. The molecule has 0 rings (SSSR count). The number of esters is 2. The Kier molecular flexibility index (Phi) is 20.9. The molecule has 0 aliphatic rings. The maximum absolute atomic E-state index is 12.1. The summed E-state index contributed by atoms with van der Waals surface area (Å²) in [6, 6.07) is 0. The molecule has 31 heavy (non-hydrogen) atoms. The quantitative estimate of drug-likeness (QED) is 0.0830. The Morgan fingerprint density at radius 3 is 1.13 bits per heavy atom. The summed E-state index contributed by atoms with van der Waals surface area (Å²) in [7, 11) is 0. The number of carbonyl (C=O) groups excluding carboxylic acids is 2. The minimum atomic E-state index is -0.511. The first kappa shape index (κ1) is 29.6. The molecule has 0 heterocycles. The lowest BCUT2D eigenvalue weighted by Crippen LogP contribution is -2.14. The van der Waals surface area contributed by atoms with Gasteiger partial charge in [0, 0.05) is 11.1 Å². The van der Waals surface area contributed by atoms with E-state index in [1.54, 1.807) is 13.8 Å². The number of rotatable bonds is 20. The van der Waals surface area contributed by atoms with Crippen LogP contribution in [0.2, 0.25) is 0 Å². The summed E-state index contributed by atoms with van der Waals surface area (Å²) in [4.78, 5) is 24.2. The predicted octanol–water partition coefficient (Wildman–Crippen LogP) is 9.01. The van der Waals surface area contributed by atoms with Crippen LogP contribution >= 0.6 is 0 Å². The summed E-state index contributed by atoms with van der Waals surface area (Å²) in [5.41, 5.74) is 1.07. The Hall–Kier alpha value is -1.38. The third-order valence-electron chi connectivity index (χ3n) is 5.85. The molecule has 0 atom stereocenters. The number of allylic oxidation sites excluding steroid dienone is 2. The van der Waals surface area contributed by atoms with Gasteiger partial charge in [-0.2, -0.15) is 0 Å². The molecule has 3 heteroatoms. The van der Waals surface area contributed by atoms with Crippen molar-refractivity contribution in [1.82, 2.24) is 0 Å². The van der Waals surface area contributed by atoms with E-state index < -0.39 is 11.9 Å². The second-order valence-corrected chi connectivity index (χ2v) is 8.98. The van der Waals surface area contributed by atoms with Crippen LogP contribution in [0.15, 0.2) is 23.3 Å². The van der Waals surface area contributed by atoms with Gasteiger partial charge in [0.1, 0.15) is 0 Å². The van der Waals surface area contributed by atoms with E-state index >= 15 is 0 Å². The van der Waals surface area contributed by atoms with E-state index in [1.165, 1.54) is 89.9 Å². The summed E-state index contributed by atoms with van der Waals surface area (Å²) >= 11 is 0. The van der Waals surface area contributed by atoms with Crippen LogP contribution in [0, 0.1) is 0 Å². The van der Waals surface area contributed by atoms with Crippen LogP contribution in [0.3, 0.4) is 0 Å². The average Bonchev–Trinajstić information content (AvgIpc) is 2.76. The second kappa shape index (κ2) is 21.8. The molecular weight excluding hydrogens is 384 g/mol. The maximum Gasteiger partial charge on any atom is 0.341 e. The first-order valence-electron chi connectivity index (χ1n) is 13.1. The van der Waals surface area contributed by atoms with Crippen molar-refractivity contribution in [3.05, 3.63) is 23.3 Å². The van der Waals surface area contributed by atoms with Gasteiger partial charge in [0.2, 0.25) is 0 Å². The van der Waals surface area contributed by atoms with Crippen molar-refractivity contribution >= 4 is 11.9 Å². The lowest BCUT2D eigenvalue weighted by Gasteiger charge is -2.04. The molecule has 0 aromatic heterocycles. The zero-order chi connectivity index (χ0) is 23.2. The summed E-state index contributed by atoms with van der Waals surface area (Å²) in [5, 5.41) is 0. The van der Waals surface area contributed by atoms with Crippen molar-refractivity contribution in [2.45, 2.75) is 143 Å². The number of hydrogen-bond donors (Lipinski definition) is 0. The highest BCUT2D eigenvalue weighted by molar-refractivity contribution is 6.01.